The third kappa shape index (κ3) is 6.99. The fourth-order valence-electron chi connectivity index (χ4n) is 4.12. The van der Waals surface area contributed by atoms with Gasteiger partial charge in [0.2, 0.25) is 11.8 Å². The monoisotopic (exact) mass is 444 g/mol. The first-order chi connectivity index (χ1) is 14.5. The highest BCUT2D eigenvalue weighted by Crippen LogP contribution is 2.35. The van der Waals surface area contributed by atoms with Crippen molar-refractivity contribution in [2.24, 2.45) is 0 Å². The Bertz CT molecular complexity index is 916. The molecule has 0 bridgehead atoms. The molecule has 2 N–H and O–H groups in total. The van der Waals surface area contributed by atoms with E-state index < -0.39 is 25.8 Å². The van der Waals surface area contributed by atoms with Crippen molar-refractivity contribution in [2.45, 2.75) is 57.9 Å². The van der Waals surface area contributed by atoms with Gasteiger partial charge < -0.3 is 15.1 Å². The van der Waals surface area contributed by atoms with Crippen LogP contribution in [0.5, 0.6) is 11.8 Å². The van der Waals surface area contributed by atoms with Crippen LogP contribution in [0.4, 0.5) is 0 Å². The van der Waals surface area contributed by atoms with Crippen LogP contribution in [0.3, 0.4) is 0 Å². The molecule has 31 heavy (non-hydrogen) atoms. The van der Waals surface area contributed by atoms with E-state index in [9.17, 15) is 15.0 Å². The van der Waals surface area contributed by atoms with Crippen LogP contribution in [0, 0.1) is 0 Å². The molecule has 2 heterocycles. The quantitative estimate of drug-likeness (QED) is 0.373. The van der Waals surface area contributed by atoms with Crippen molar-refractivity contribution in [1.29, 1.82) is 0 Å². The lowest BCUT2D eigenvalue weighted by Crippen LogP contribution is -2.35. The average molecular weight is 445 g/mol. The van der Waals surface area contributed by atoms with Gasteiger partial charge in [0.25, 0.3) is 0 Å². The highest BCUT2D eigenvalue weighted by molar-refractivity contribution is 6.81. The number of allylic oxidation sites excluding steroid dienone is 3. The minimum absolute atomic E-state index is 0.0122. The maximum atomic E-state index is 12.2. The lowest BCUT2D eigenvalue weighted by atomic mass is 10.4. The van der Waals surface area contributed by atoms with Crippen LogP contribution in [0.2, 0.25) is 24.2 Å². The molecule has 0 aliphatic rings. The number of hydrogen-bond donors (Lipinski definition) is 2. The van der Waals surface area contributed by atoms with Crippen LogP contribution < -0.4 is 4.84 Å². The number of hydrogen-bond acceptors (Lipinski definition) is 6. The Morgan fingerprint density at radius 1 is 1.03 bits per heavy atom. The molecule has 8 nitrogen and oxygen atoms in total. The van der Waals surface area contributed by atoms with E-state index in [1.807, 2.05) is 0 Å². The normalized spacial score (nSPS) is 11.3. The van der Waals surface area contributed by atoms with Crippen molar-refractivity contribution in [3.63, 3.8) is 0 Å². The van der Waals surface area contributed by atoms with Crippen LogP contribution >= 0.6 is 0 Å². The number of carbonyl (C=O) groups is 1. The van der Waals surface area contributed by atoms with Crippen molar-refractivity contribution >= 4 is 14.0 Å². The highest BCUT2D eigenvalue weighted by atomic mass is 28.3. The summed E-state index contributed by atoms with van der Waals surface area (Å²) in [7, 11) is -1.72. The SMILES string of the molecule is C=C(C)C[Si](CCCn1cc(C(=O)On2c(O)ccc2O)nn1)(CC(=C)C)CC(=C)C. The zero-order valence-electron chi connectivity index (χ0n) is 18.6. The van der Waals surface area contributed by atoms with E-state index in [0.717, 1.165) is 30.6 Å². The number of aromatic nitrogens is 4. The van der Waals surface area contributed by atoms with Gasteiger partial charge in [-0.3, -0.25) is 4.68 Å². The molecule has 0 radical (unpaired) electrons. The largest absolute Gasteiger partial charge is 0.492 e. The molecule has 0 aliphatic heterocycles. The molecule has 2 aromatic heterocycles. The van der Waals surface area contributed by atoms with E-state index in [4.69, 9.17) is 4.84 Å². The van der Waals surface area contributed by atoms with Gasteiger partial charge in [0.05, 0.1) is 14.3 Å². The second-order valence-electron chi connectivity index (χ2n) is 8.59. The lowest BCUT2D eigenvalue weighted by molar-refractivity contribution is 0.0375. The van der Waals surface area contributed by atoms with Gasteiger partial charge in [0.1, 0.15) is 0 Å². The maximum Gasteiger partial charge on any atom is 0.385 e. The number of carbonyl (C=O) groups excluding carboxylic acids is 1. The lowest BCUT2D eigenvalue weighted by Gasteiger charge is -2.33. The molecule has 0 amide bonds. The Balaban J connectivity index is 2.03. The zero-order chi connectivity index (χ0) is 23.2. The van der Waals surface area contributed by atoms with E-state index in [2.05, 4.69) is 50.8 Å². The molecular formula is C22H32N4O4Si. The van der Waals surface area contributed by atoms with E-state index in [1.54, 1.807) is 4.68 Å². The first-order valence-electron chi connectivity index (χ1n) is 10.2. The summed E-state index contributed by atoms with van der Waals surface area (Å²) in [4.78, 5) is 17.2. The summed E-state index contributed by atoms with van der Waals surface area (Å²) in [6.07, 6.45) is 2.39. The van der Waals surface area contributed by atoms with Crippen molar-refractivity contribution in [3.8, 4) is 11.8 Å². The topological polar surface area (TPSA) is 102 Å². The van der Waals surface area contributed by atoms with Gasteiger partial charge in [-0.15, -0.1) is 29.6 Å². The molecule has 0 saturated heterocycles. The second-order valence-corrected chi connectivity index (χ2v) is 13.2. The minimum atomic E-state index is -1.72. The number of aromatic hydroxyl groups is 2. The Morgan fingerprint density at radius 3 is 2.03 bits per heavy atom. The van der Waals surface area contributed by atoms with Gasteiger partial charge in [0.15, 0.2) is 5.69 Å². The Labute approximate surface area is 184 Å². The Kier molecular flexibility index (Phi) is 8.04. The van der Waals surface area contributed by atoms with Crippen LogP contribution in [0.25, 0.3) is 0 Å². The van der Waals surface area contributed by atoms with Gasteiger partial charge in [-0.25, -0.2) is 4.79 Å². The van der Waals surface area contributed by atoms with E-state index in [0.29, 0.717) is 11.3 Å². The third-order valence-corrected chi connectivity index (χ3v) is 10.3. The van der Waals surface area contributed by atoms with Crippen LogP contribution in [0.15, 0.2) is 54.8 Å². The fourth-order valence-corrected chi connectivity index (χ4v) is 9.77. The third-order valence-electron chi connectivity index (χ3n) is 4.84. The summed E-state index contributed by atoms with van der Waals surface area (Å²) in [5.74, 6) is -1.62. The first kappa shape index (κ1) is 24.2. The van der Waals surface area contributed by atoms with Gasteiger partial charge in [-0.05, 0) is 45.3 Å². The van der Waals surface area contributed by atoms with Gasteiger partial charge in [-0.2, -0.15) is 0 Å². The average Bonchev–Trinajstić information content (AvgIpc) is 3.22. The molecule has 0 atom stereocenters. The van der Waals surface area contributed by atoms with Crippen molar-refractivity contribution in [1.82, 2.24) is 19.7 Å². The first-order valence-corrected chi connectivity index (χ1v) is 13.0. The van der Waals surface area contributed by atoms with Crippen molar-refractivity contribution in [3.05, 3.63) is 60.5 Å². The van der Waals surface area contributed by atoms with Gasteiger partial charge in [0, 0.05) is 18.7 Å². The zero-order valence-corrected chi connectivity index (χ0v) is 19.6. The summed E-state index contributed by atoms with van der Waals surface area (Å²) in [6.45, 7) is 19.3. The molecular weight excluding hydrogens is 412 g/mol. The summed E-state index contributed by atoms with van der Waals surface area (Å²) in [6, 6.07) is 6.57. The molecule has 2 rings (SSSR count). The molecule has 168 valence electrons. The summed E-state index contributed by atoms with van der Waals surface area (Å²) >= 11 is 0. The van der Waals surface area contributed by atoms with E-state index >= 15 is 0 Å². The predicted octanol–water partition coefficient (Wildman–Crippen LogP) is 4.33. The Morgan fingerprint density at radius 2 is 1.55 bits per heavy atom. The van der Waals surface area contributed by atoms with Gasteiger partial charge in [-0.1, -0.05) is 28.0 Å². The Hall–Kier alpha value is -3.07. The van der Waals surface area contributed by atoms with E-state index in [-0.39, 0.29) is 5.69 Å². The maximum absolute atomic E-state index is 12.2. The minimum Gasteiger partial charge on any atom is -0.492 e. The number of rotatable bonds is 12. The molecule has 0 aromatic carbocycles. The fraction of sp³-hybridized carbons (Fsp3) is 0.409. The second kappa shape index (κ2) is 10.3. The van der Waals surface area contributed by atoms with E-state index in [1.165, 1.54) is 35.0 Å². The standard InChI is InChI=1S/C22H32N4O4Si/c1-16(2)13-31(14-17(3)4,15-18(5)6)11-7-10-25-12-19(23-24-25)22(29)30-26-20(27)8-9-21(26)28/h8-9,12,27-28H,1,3,5,7,10-11,13-15H2,2,4,6H3. The van der Waals surface area contributed by atoms with Crippen LogP contribution in [-0.4, -0.2) is 44.0 Å². The molecule has 9 heteroatoms. The summed E-state index contributed by atoms with van der Waals surface area (Å²) < 4.78 is 2.22. The molecule has 0 aliphatic carbocycles. The number of aryl methyl sites for hydroxylation is 1. The molecule has 0 spiro atoms. The molecule has 0 saturated carbocycles. The number of nitrogens with zero attached hydrogens (tertiary/aromatic N) is 4. The van der Waals surface area contributed by atoms with Crippen molar-refractivity contribution in [2.75, 3.05) is 0 Å². The smallest absolute Gasteiger partial charge is 0.385 e. The van der Waals surface area contributed by atoms with Crippen LogP contribution in [0.1, 0.15) is 37.7 Å². The molecule has 0 fully saturated rings. The predicted molar refractivity (Wildman–Crippen MR) is 123 cm³/mol. The van der Waals surface area contributed by atoms with Gasteiger partial charge >= 0.3 is 5.97 Å². The highest BCUT2D eigenvalue weighted by Gasteiger charge is 2.32. The summed E-state index contributed by atoms with van der Waals surface area (Å²) in [5.41, 5.74) is 3.56. The molecule has 0 unspecified atom stereocenters. The summed E-state index contributed by atoms with van der Waals surface area (Å²) in [5, 5.41) is 27.0. The molecule has 2 aromatic rings. The van der Waals surface area contributed by atoms with Crippen molar-refractivity contribution < 1.29 is 19.8 Å². The van der Waals surface area contributed by atoms with Crippen LogP contribution in [-0.2, 0) is 6.54 Å².